The Kier molecular flexibility index (Phi) is 7.06. The number of aromatic nitrogens is 1. The van der Waals surface area contributed by atoms with Crippen molar-refractivity contribution in [3.8, 4) is 28.5 Å². The van der Waals surface area contributed by atoms with Crippen LogP contribution in [0.3, 0.4) is 0 Å². The fraction of sp³-hybridized carbons (Fsp3) is 0.375. The lowest BCUT2D eigenvalue weighted by molar-refractivity contribution is 0.00936. The zero-order chi connectivity index (χ0) is 29.6. The van der Waals surface area contributed by atoms with E-state index in [1.54, 1.807) is 36.4 Å². The molecule has 4 N–H and O–H groups in total. The molecule has 9 nitrogen and oxygen atoms in total. The number of carbonyl (C=O) groups excluding carboxylic acids is 1. The normalized spacial score (nSPS) is 20.6. The maximum Gasteiger partial charge on any atom is 0.251 e. The van der Waals surface area contributed by atoms with E-state index in [4.69, 9.17) is 25.0 Å². The van der Waals surface area contributed by atoms with Gasteiger partial charge in [0.2, 0.25) is 0 Å². The number of aliphatic hydroxyl groups is 1. The van der Waals surface area contributed by atoms with Gasteiger partial charge in [0.15, 0.2) is 17.2 Å². The van der Waals surface area contributed by atoms with Crippen LogP contribution in [0.5, 0.6) is 17.2 Å². The number of hydrazine groups is 1. The Labute approximate surface area is 244 Å². The smallest absolute Gasteiger partial charge is 0.251 e. The van der Waals surface area contributed by atoms with E-state index in [-0.39, 0.29) is 36.9 Å². The molecule has 2 atom stereocenters. The summed E-state index contributed by atoms with van der Waals surface area (Å²) in [4.78, 5) is 18.2. The molecular formula is C32H35FN4O5. The molecule has 2 aliphatic carbocycles. The van der Waals surface area contributed by atoms with Crippen molar-refractivity contribution >= 4 is 5.91 Å². The zero-order valence-electron chi connectivity index (χ0n) is 23.7. The second-order valence-electron chi connectivity index (χ2n) is 11.5. The van der Waals surface area contributed by atoms with Crippen molar-refractivity contribution in [3.05, 3.63) is 83.9 Å². The number of nitrogens with two attached hydrogens (primary N) is 1. The molecule has 3 aromatic rings. The molecular weight excluding hydrogens is 539 g/mol. The van der Waals surface area contributed by atoms with Crippen LogP contribution in [-0.2, 0) is 11.1 Å². The Bertz CT molecular complexity index is 1520. The molecule has 1 aromatic heterocycles. The van der Waals surface area contributed by atoms with E-state index in [1.165, 1.54) is 30.5 Å². The largest absolute Gasteiger partial charge is 0.493 e. The van der Waals surface area contributed by atoms with E-state index in [2.05, 4.69) is 11.9 Å². The molecule has 0 unspecified atom stereocenters. The number of halogens is 1. The number of amides is 1. The number of nitrogens with zero attached hydrogens (tertiary/aromatic N) is 2. The molecule has 2 aromatic carbocycles. The van der Waals surface area contributed by atoms with Crippen molar-refractivity contribution in [1.29, 1.82) is 0 Å². The maximum atomic E-state index is 13.8. The topological polar surface area (TPSA) is 119 Å². The lowest BCUT2D eigenvalue weighted by Crippen LogP contribution is -2.46. The third-order valence-corrected chi connectivity index (χ3v) is 8.39. The van der Waals surface area contributed by atoms with Crippen molar-refractivity contribution < 1.29 is 28.5 Å². The minimum Gasteiger partial charge on any atom is -0.493 e. The molecule has 1 aliphatic heterocycles. The van der Waals surface area contributed by atoms with Gasteiger partial charge in [0.25, 0.3) is 5.91 Å². The summed E-state index contributed by atoms with van der Waals surface area (Å²) in [5, 5.41) is 16.6. The highest BCUT2D eigenvalue weighted by Gasteiger charge is 2.49. The first-order chi connectivity index (χ1) is 20.2. The number of carbonyl (C=O) groups is 1. The van der Waals surface area contributed by atoms with Crippen LogP contribution in [0.15, 0.2) is 61.3 Å². The monoisotopic (exact) mass is 574 g/mol. The molecule has 42 heavy (non-hydrogen) atoms. The molecule has 0 spiro atoms. The van der Waals surface area contributed by atoms with Gasteiger partial charge in [-0.2, -0.15) is 0 Å². The highest BCUT2D eigenvalue weighted by molar-refractivity contribution is 5.95. The molecule has 0 saturated heterocycles. The van der Waals surface area contributed by atoms with Gasteiger partial charge in [0, 0.05) is 22.9 Å². The summed E-state index contributed by atoms with van der Waals surface area (Å²) >= 11 is 0. The summed E-state index contributed by atoms with van der Waals surface area (Å²) in [7, 11) is 1.53. The molecule has 0 radical (unpaired) electrons. The first-order valence-corrected chi connectivity index (χ1v) is 14.1. The van der Waals surface area contributed by atoms with E-state index in [0.717, 1.165) is 31.2 Å². The second kappa shape index (κ2) is 10.6. The quantitative estimate of drug-likeness (QED) is 0.228. The molecule has 2 fully saturated rings. The Morgan fingerprint density at radius 1 is 1.24 bits per heavy atom. The first kappa shape index (κ1) is 28.0. The minimum absolute atomic E-state index is 0.0703. The number of methoxy groups -OCH3 is 1. The number of hydrogen-bond acceptors (Lipinski definition) is 8. The number of nitrogens with one attached hydrogen (secondary N) is 1. The van der Waals surface area contributed by atoms with Gasteiger partial charge in [-0.3, -0.25) is 4.79 Å². The van der Waals surface area contributed by atoms with Crippen LogP contribution in [0, 0.1) is 11.7 Å². The number of hydrogen-bond donors (Lipinski definition) is 3. The number of rotatable bonds is 11. The third-order valence-electron chi connectivity index (χ3n) is 8.39. The van der Waals surface area contributed by atoms with Crippen LogP contribution in [0.25, 0.3) is 11.3 Å². The Hall–Kier alpha value is -4.15. The Morgan fingerprint density at radius 2 is 1.98 bits per heavy atom. The fourth-order valence-electron chi connectivity index (χ4n) is 5.40. The summed E-state index contributed by atoms with van der Waals surface area (Å²) in [5.74, 6) is 7.05. The molecule has 10 heteroatoms. The standard InChI is InChI=1S/C32H35FN4O5/c1-4-37(34)31(2)18-41-29-24(31)16-27(36-28(29)19-5-10-22(33)11-6-19)32(39,21-8-9-21)17-35-30(38)20-7-14-25(26(15-20)40-3)42-23-12-13-23/h4-7,10-11,14-16,21,23,39H,1,8-9,12-13,17-18,34H2,2-3H3,(H,35,38)/t31-,32+/m0/s1. The van der Waals surface area contributed by atoms with Crippen LogP contribution in [0.2, 0.25) is 0 Å². The minimum atomic E-state index is -1.48. The van der Waals surface area contributed by atoms with Crippen LogP contribution in [-0.4, -0.2) is 47.4 Å². The SMILES string of the molecule is C=CN(N)[C@@]1(C)COc2c1cc([C@@](O)(CNC(=O)c1ccc(OC3CC3)c(OC)c1)C1CC1)nc2-c1ccc(F)cc1. The van der Waals surface area contributed by atoms with E-state index >= 15 is 0 Å². The van der Waals surface area contributed by atoms with Gasteiger partial charge in [0.1, 0.15) is 29.3 Å². The summed E-state index contributed by atoms with van der Waals surface area (Å²) in [5.41, 5.74) is 0.300. The van der Waals surface area contributed by atoms with Crippen LogP contribution in [0.4, 0.5) is 4.39 Å². The predicted molar refractivity (Wildman–Crippen MR) is 154 cm³/mol. The Morgan fingerprint density at radius 3 is 2.62 bits per heavy atom. The summed E-state index contributed by atoms with van der Waals surface area (Å²) in [6, 6.07) is 12.8. The van der Waals surface area contributed by atoms with E-state index in [1.807, 2.05) is 6.92 Å². The van der Waals surface area contributed by atoms with E-state index in [9.17, 15) is 14.3 Å². The highest BCUT2D eigenvalue weighted by atomic mass is 19.1. The first-order valence-electron chi connectivity index (χ1n) is 14.1. The average molecular weight is 575 g/mol. The van der Waals surface area contributed by atoms with Crippen LogP contribution in [0.1, 0.15) is 54.2 Å². The van der Waals surface area contributed by atoms with Crippen molar-refractivity contribution in [2.45, 2.75) is 49.9 Å². The van der Waals surface area contributed by atoms with Crippen molar-refractivity contribution in [2.75, 3.05) is 20.3 Å². The van der Waals surface area contributed by atoms with Gasteiger partial charge in [-0.1, -0.05) is 6.58 Å². The molecule has 6 rings (SSSR count). The number of fused-ring (bicyclic) bond motifs is 1. The van der Waals surface area contributed by atoms with Gasteiger partial charge >= 0.3 is 0 Å². The zero-order valence-corrected chi connectivity index (χ0v) is 23.7. The van der Waals surface area contributed by atoms with Gasteiger partial charge < -0.3 is 29.6 Å². The lowest BCUT2D eigenvalue weighted by Gasteiger charge is -2.34. The van der Waals surface area contributed by atoms with Crippen molar-refractivity contribution in [1.82, 2.24) is 15.3 Å². The fourth-order valence-corrected chi connectivity index (χ4v) is 5.40. The summed E-state index contributed by atoms with van der Waals surface area (Å²) < 4.78 is 31.2. The predicted octanol–water partition coefficient (Wildman–Crippen LogP) is 4.39. The number of benzene rings is 2. The van der Waals surface area contributed by atoms with Gasteiger partial charge in [0.05, 0.1) is 25.5 Å². The van der Waals surface area contributed by atoms with E-state index in [0.29, 0.717) is 39.8 Å². The second-order valence-corrected chi connectivity index (χ2v) is 11.5. The lowest BCUT2D eigenvalue weighted by atomic mass is 9.86. The molecule has 220 valence electrons. The van der Waals surface area contributed by atoms with E-state index < -0.39 is 11.1 Å². The van der Waals surface area contributed by atoms with Crippen LogP contribution < -0.4 is 25.4 Å². The summed E-state index contributed by atoms with van der Waals surface area (Å²) in [6.45, 7) is 5.88. The Balaban J connectivity index is 1.34. The molecule has 0 bridgehead atoms. The molecule has 2 saturated carbocycles. The average Bonchev–Trinajstić information content (AvgIpc) is 3.94. The van der Waals surface area contributed by atoms with Crippen molar-refractivity contribution in [3.63, 3.8) is 0 Å². The summed E-state index contributed by atoms with van der Waals surface area (Å²) in [6.07, 6.45) is 5.28. The molecule has 3 aliphatic rings. The van der Waals surface area contributed by atoms with Gasteiger partial charge in [-0.25, -0.2) is 15.2 Å². The molecule has 2 heterocycles. The molecule has 1 amide bonds. The third kappa shape index (κ3) is 5.05. The number of ether oxygens (including phenoxy) is 3. The van der Waals surface area contributed by atoms with Gasteiger partial charge in [-0.05, 0) is 87.1 Å². The number of pyridine rings is 1. The van der Waals surface area contributed by atoms with Gasteiger partial charge in [-0.15, -0.1) is 0 Å². The van der Waals surface area contributed by atoms with Crippen LogP contribution >= 0.6 is 0 Å². The van der Waals surface area contributed by atoms with Crippen molar-refractivity contribution in [2.24, 2.45) is 11.8 Å². The highest BCUT2D eigenvalue weighted by Crippen LogP contribution is 2.50. The maximum absolute atomic E-state index is 13.8.